The number of amides is 1. The van der Waals surface area contributed by atoms with E-state index in [-0.39, 0.29) is 18.4 Å². The number of ether oxygens (including phenoxy) is 1. The fourth-order valence-corrected chi connectivity index (χ4v) is 3.64. The second-order valence-electron chi connectivity index (χ2n) is 8.86. The van der Waals surface area contributed by atoms with Gasteiger partial charge in [-0.25, -0.2) is 9.48 Å². The molecule has 0 radical (unpaired) electrons. The van der Waals surface area contributed by atoms with Crippen LogP contribution in [0, 0.1) is 5.92 Å². The van der Waals surface area contributed by atoms with E-state index < -0.39 is 11.5 Å². The summed E-state index contributed by atoms with van der Waals surface area (Å²) in [5, 5.41) is 7.56. The summed E-state index contributed by atoms with van der Waals surface area (Å²) >= 11 is 0. The van der Waals surface area contributed by atoms with Crippen molar-refractivity contribution in [3.05, 3.63) is 77.4 Å². The van der Waals surface area contributed by atoms with Crippen molar-refractivity contribution < 1.29 is 14.3 Å². The van der Waals surface area contributed by atoms with E-state index in [0.29, 0.717) is 23.5 Å². The summed E-state index contributed by atoms with van der Waals surface area (Å²) in [5.74, 6) is -0.444. The number of amidine groups is 1. The summed E-state index contributed by atoms with van der Waals surface area (Å²) in [6, 6.07) is 11.6. The molecule has 0 saturated carbocycles. The Balaban J connectivity index is 1.47. The van der Waals surface area contributed by atoms with Crippen LogP contribution >= 0.6 is 0 Å². The zero-order chi connectivity index (χ0) is 24.3. The number of carbonyl (C=O) groups excluding carboxylic acids is 2. The van der Waals surface area contributed by atoms with Gasteiger partial charge in [0, 0.05) is 18.8 Å². The monoisotopic (exact) mass is 459 g/mol. The number of aromatic nitrogens is 3. The average molecular weight is 460 g/mol. The third kappa shape index (κ3) is 4.62. The van der Waals surface area contributed by atoms with E-state index in [0.717, 1.165) is 23.2 Å². The lowest BCUT2D eigenvalue weighted by Crippen LogP contribution is -2.50. The number of carbonyl (C=O) groups is 2. The molecule has 1 aromatic carbocycles. The largest absolute Gasteiger partial charge is 0.462 e. The highest BCUT2D eigenvalue weighted by molar-refractivity contribution is 6.16. The van der Waals surface area contributed by atoms with Gasteiger partial charge in [-0.1, -0.05) is 39.0 Å². The van der Waals surface area contributed by atoms with Crippen LogP contribution < -0.4 is 5.32 Å². The van der Waals surface area contributed by atoms with Crippen LogP contribution in [-0.2, 0) is 22.4 Å². The van der Waals surface area contributed by atoms with Crippen molar-refractivity contribution in [2.24, 2.45) is 10.9 Å². The zero-order valence-corrected chi connectivity index (χ0v) is 19.9. The fraction of sp³-hybridized carbons (Fsp3) is 0.346. The lowest BCUT2D eigenvalue weighted by Gasteiger charge is -2.27. The fourth-order valence-electron chi connectivity index (χ4n) is 3.64. The highest BCUT2D eigenvalue weighted by atomic mass is 16.5. The first-order chi connectivity index (χ1) is 16.3. The summed E-state index contributed by atoms with van der Waals surface area (Å²) in [5.41, 5.74) is 2.61. The molecule has 2 aromatic heterocycles. The van der Waals surface area contributed by atoms with E-state index in [1.54, 1.807) is 23.1 Å². The van der Waals surface area contributed by atoms with Gasteiger partial charge in [-0.3, -0.25) is 9.78 Å². The number of hydrogen-bond acceptors (Lipinski definition) is 6. The minimum Gasteiger partial charge on any atom is -0.462 e. The molecule has 8 heteroatoms. The van der Waals surface area contributed by atoms with Crippen molar-refractivity contribution in [2.45, 2.75) is 46.1 Å². The number of nitrogens with zero attached hydrogens (tertiary/aromatic N) is 4. The number of pyridine rings is 1. The van der Waals surface area contributed by atoms with Crippen molar-refractivity contribution in [3.63, 3.8) is 0 Å². The van der Waals surface area contributed by atoms with Crippen LogP contribution in [0.15, 0.2) is 60.0 Å². The first-order valence-electron chi connectivity index (χ1n) is 11.5. The molecule has 1 atom stereocenters. The molecule has 0 fully saturated rings. The van der Waals surface area contributed by atoms with E-state index in [4.69, 9.17) is 4.74 Å². The SMILES string of the molecule is CCc1cnc(C2=NC(=O)C(C)(C(C)C)N2)c(C(=O)OCCc2cnn(-c3ccccc3)c2)c1. The molecule has 176 valence electrons. The molecule has 8 nitrogen and oxygen atoms in total. The molecule has 3 heterocycles. The topological polar surface area (TPSA) is 98.5 Å². The van der Waals surface area contributed by atoms with Gasteiger partial charge in [0.25, 0.3) is 5.91 Å². The van der Waals surface area contributed by atoms with Gasteiger partial charge in [0.2, 0.25) is 0 Å². The standard InChI is InChI=1S/C26H29N5O3/c1-5-18-13-21(22(27-14-18)23-29-25(33)26(4,30-23)17(2)3)24(32)34-12-11-19-15-28-31(16-19)20-9-7-6-8-10-20/h6-10,13-17H,5,11-12H2,1-4H3,(H,29,30,33). The van der Waals surface area contributed by atoms with Gasteiger partial charge in [0.1, 0.15) is 11.2 Å². The first-order valence-corrected chi connectivity index (χ1v) is 11.5. The molecule has 34 heavy (non-hydrogen) atoms. The second-order valence-corrected chi connectivity index (χ2v) is 8.86. The molecule has 1 unspecified atom stereocenters. The van der Waals surface area contributed by atoms with Gasteiger partial charge in [-0.2, -0.15) is 10.1 Å². The number of benzene rings is 1. The molecule has 0 saturated heterocycles. The van der Waals surface area contributed by atoms with Crippen LogP contribution in [-0.4, -0.2) is 44.6 Å². The normalized spacial score (nSPS) is 17.6. The van der Waals surface area contributed by atoms with Crippen molar-refractivity contribution in [1.29, 1.82) is 0 Å². The van der Waals surface area contributed by atoms with Gasteiger partial charge < -0.3 is 10.1 Å². The van der Waals surface area contributed by atoms with Crippen LogP contribution in [0.5, 0.6) is 0 Å². The highest BCUT2D eigenvalue weighted by Crippen LogP contribution is 2.25. The molecule has 1 amide bonds. The smallest absolute Gasteiger partial charge is 0.340 e. The van der Waals surface area contributed by atoms with Gasteiger partial charge in [-0.05, 0) is 48.6 Å². The summed E-state index contributed by atoms with van der Waals surface area (Å²) < 4.78 is 7.38. The van der Waals surface area contributed by atoms with Gasteiger partial charge in [0.15, 0.2) is 5.84 Å². The Labute approximate surface area is 199 Å². The quantitative estimate of drug-likeness (QED) is 0.518. The molecular weight excluding hydrogens is 430 g/mol. The van der Waals surface area contributed by atoms with Gasteiger partial charge >= 0.3 is 5.97 Å². The van der Waals surface area contributed by atoms with E-state index in [1.807, 2.05) is 64.2 Å². The van der Waals surface area contributed by atoms with Crippen molar-refractivity contribution in [1.82, 2.24) is 20.1 Å². The number of esters is 1. The van der Waals surface area contributed by atoms with E-state index >= 15 is 0 Å². The summed E-state index contributed by atoms with van der Waals surface area (Å²) in [6.07, 6.45) is 6.63. The predicted molar refractivity (Wildman–Crippen MR) is 129 cm³/mol. The summed E-state index contributed by atoms with van der Waals surface area (Å²) in [4.78, 5) is 34.2. The Morgan fingerprint density at radius 2 is 1.94 bits per heavy atom. The number of hydrogen-bond donors (Lipinski definition) is 1. The van der Waals surface area contributed by atoms with Crippen molar-refractivity contribution >= 4 is 17.7 Å². The third-order valence-electron chi connectivity index (χ3n) is 6.27. The number of aliphatic imine (C=N–C) groups is 1. The third-order valence-corrected chi connectivity index (χ3v) is 6.27. The minimum absolute atomic E-state index is 0.0170. The van der Waals surface area contributed by atoms with E-state index in [1.165, 1.54) is 0 Å². The maximum Gasteiger partial charge on any atom is 0.340 e. The molecule has 0 bridgehead atoms. The molecule has 0 aliphatic carbocycles. The Morgan fingerprint density at radius 1 is 1.18 bits per heavy atom. The molecule has 1 aliphatic heterocycles. The van der Waals surface area contributed by atoms with E-state index in [2.05, 4.69) is 20.4 Å². The van der Waals surface area contributed by atoms with Gasteiger partial charge in [-0.15, -0.1) is 0 Å². The Hall–Kier alpha value is -3.81. The molecule has 4 rings (SSSR count). The van der Waals surface area contributed by atoms with Crippen molar-refractivity contribution in [3.8, 4) is 5.69 Å². The van der Waals surface area contributed by atoms with Crippen LogP contribution in [0.1, 0.15) is 54.9 Å². The number of para-hydroxylation sites is 1. The minimum atomic E-state index is -0.833. The molecular formula is C26H29N5O3. The Bertz CT molecular complexity index is 1230. The predicted octanol–water partition coefficient (Wildman–Crippen LogP) is 3.52. The van der Waals surface area contributed by atoms with Crippen LogP contribution in [0.2, 0.25) is 0 Å². The molecule has 1 N–H and O–H groups in total. The van der Waals surface area contributed by atoms with Crippen molar-refractivity contribution in [2.75, 3.05) is 6.61 Å². The number of nitrogens with one attached hydrogen (secondary N) is 1. The average Bonchev–Trinajstić information content (AvgIpc) is 3.44. The summed E-state index contributed by atoms with van der Waals surface area (Å²) in [6.45, 7) is 7.89. The number of rotatable bonds is 8. The van der Waals surface area contributed by atoms with Crippen LogP contribution in [0.3, 0.4) is 0 Å². The highest BCUT2D eigenvalue weighted by Gasteiger charge is 2.43. The van der Waals surface area contributed by atoms with Gasteiger partial charge in [0.05, 0.1) is 24.1 Å². The van der Waals surface area contributed by atoms with E-state index in [9.17, 15) is 9.59 Å². The Kier molecular flexibility index (Phi) is 6.58. The first kappa shape index (κ1) is 23.4. The van der Waals surface area contributed by atoms with Crippen LogP contribution in [0.25, 0.3) is 5.69 Å². The number of aryl methyl sites for hydroxylation is 1. The zero-order valence-electron chi connectivity index (χ0n) is 19.9. The maximum absolute atomic E-state index is 13.0. The van der Waals surface area contributed by atoms with Crippen LogP contribution in [0.4, 0.5) is 0 Å². The molecule has 3 aromatic rings. The second kappa shape index (κ2) is 9.59. The maximum atomic E-state index is 13.0. The lowest BCUT2D eigenvalue weighted by molar-refractivity contribution is -0.123. The summed E-state index contributed by atoms with van der Waals surface area (Å²) in [7, 11) is 0. The Morgan fingerprint density at radius 3 is 2.62 bits per heavy atom. The molecule has 1 aliphatic rings. The lowest BCUT2D eigenvalue weighted by atomic mass is 9.88. The molecule has 0 spiro atoms.